The molecule has 4 nitrogen and oxygen atoms in total. The lowest BCUT2D eigenvalue weighted by molar-refractivity contribution is 0.350. The van der Waals surface area contributed by atoms with Gasteiger partial charge < -0.3 is 5.11 Å². The van der Waals surface area contributed by atoms with Gasteiger partial charge in [-0.2, -0.15) is 0 Å². The first kappa shape index (κ1) is 14.0. The van der Waals surface area contributed by atoms with Gasteiger partial charge in [-0.05, 0) is 31.0 Å². The summed E-state index contributed by atoms with van der Waals surface area (Å²) in [5.74, 6) is 4.02. The van der Waals surface area contributed by atoms with Crippen LogP contribution >= 0.6 is 0 Å². The predicted octanol–water partition coefficient (Wildman–Crippen LogP) is 1.00. The van der Waals surface area contributed by atoms with E-state index in [1.807, 2.05) is 0 Å². The largest absolute Gasteiger partial charge is 0.384 e. The van der Waals surface area contributed by atoms with E-state index >= 15 is 0 Å². The average Bonchev–Trinajstić information content (AvgIpc) is 2.32. The summed E-state index contributed by atoms with van der Waals surface area (Å²) < 4.78 is 40.1. The summed E-state index contributed by atoms with van der Waals surface area (Å²) in [7, 11) is -3.67. The first-order chi connectivity index (χ1) is 9.03. The minimum Gasteiger partial charge on any atom is -0.384 e. The molecular weight excluding hydrogens is 269 g/mol. The van der Waals surface area contributed by atoms with Crippen LogP contribution in [0.3, 0.4) is 0 Å². The molecule has 1 aromatic carbocycles. The molecule has 6 heteroatoms. The average molecular weight is 283 g/mol. The van der Waals surface area contributed by atoms with Crippen molar-refractivity contribution in [2.24, 2.45) is 0 Å². The number of hydrogen-bond donors (Lipinski definition) is 2. The fraction of sp³-hybridized carbons (Fsp3) is 0.385. The van der Waals surface area contributed by atoms with Crippen molar-refractivity contribution < 1.29 is 17.9 Å². The van der Waals surface area contributed by atoms with Crippen molar-refractivity contribution in [3.8, 4) is 11.8 Å². The van der Waals surface area contributed by atoms with Gasteiger partial charge in [-0.15, -0.1) is 0 Å². The third-order valence-electron chi connectivity index (χ3n) is 2.98. The molecule has 1 saturated carbocycles. The van der Waals surface area contributed by atoms with Gasteiger partial charge in [0.15, 0.2) is 0 Å². The molecule has 0 spiro atoms. The van der Waals surface area contributed by atoms with Crippen LogP contribution in [0.2, 0.25) is 0 Å². The summed E-state index contributed by atoms with van der Waals surface area (Å²) in [6.07, 6.45) is 2.65. The van der Waals surface area contributed by atoms with Crippen LogP contribution in [0.4, 0.5) is 4.39 Å². The number of nitrogens with one attached hydrogen (secondary N) is 1. The molecule has 0 radical (unpaired) electrons. The Morgan fingerprint density at radius 3 is 2.68 bits per heavy atom. The van der Waals surface area contributed by atoms with Crippen molar-refractivity contribution in [2.45, 2.75) is 30.2 Å². The van der Waals surface area contributed by atoms with Crippen LogP contribution in [-0.4, -0.2) is 26.2 Å². The van der Waals surface area contributed by atoms with Crippen LogP contribution in [0.25, 0.3) is 0 Å². The molecule has 102 valence electrons. The van der Waals surface area contributed by atoms with Crippen molar-refractivity contribution in [1.82, 2.24) is 4.72 Å². The van der Waals surface area contributed by atoms with E-state index in [1.165, 1.54) is 12.1 Å². The minimum atomic E-state index is -3.67. The lowest BCUT2D eigenvalue weighted by Gasteiger charge is -2.26. The monoisotopic (exact) mass is 283 g/mol. The maximum absolute atomic E-state index is 13.7. The third-order valence-corrected chi connectivity index (χ3v) is 4.50. The van der Waals surface area contributed by atoms with Gasteiger partial charge in [0.2, 0.25) is 10.0 Å². The Hall–Kier alpha value is -1.42. The first-order valence-corrected chi connectivity index (χ1v) is 7.43. The highest BCUT2D eigenvalue weighted by molar-refractivity contribution is 7.89. The molecule has 1 aliphatic carbocycles. The van der Waals surface area contributed by atoms with E-state index in [4.69, 9.17) is 5.11 Å². The van der Waals surface area contributed by atoms with Crippen LogP contribution in [0.5, 0.6) is 0 Å². The number of halogens is 1. The topological polar surface area (TPSA) is 66.4 Å². The third kappa shape index (κ3) is 3.32. The van der Waals surface area contributed by atoms with E-state index in [2.05, 4.69) is 16.6 Å². The Labute approximate surface area is 111 Å². The van der Waals surface area contributed by atoms with E-state index < -0.39 is 15.8 Å². The van der Waals surface area contributed by atoms with Crippen LogP contribution in [0, 0.1) is 17.7 Å². The van der Waals surface area contributed by atoms with Crippen molar-refractivity contribution in [3.05, 3.63) is 29.6 Å². The second-order valence-corrected chi connectivity index (χ2v) is 6.06. The quantitative estimate of drug-likeness (QED) is 0.813. The molecule has 0 aromatic heterocycles. The zero-order valence-electron chi connectivity index (χ0n) is 10.2. The Morgan fingerprint density at radius 2 is 2.16 bits per heavy atom. The van der Waals surface area contributed by atoms with E-state index in [1.54, 1.807) is 0 Å². The van der Waals surface area contributed by atoms with Crippen molar-refractivity contribution in [2.75, 3.05) is 6.61 Å². The predicted molar refractivity (Wildman–Crippen MR) is 68.3 cm³/mol. The van der Waals surface area contributed by atoms with Crippen LogP contribution < -0.4 is 4.72 Å². The van der Waals surface area contributed by atoms with E-state index in [0.29, 0.717) is 0 Å². The molecule has 0 saturated heterocycles. The zero-order valence-corrected chi connectivity index (χ0v) is 11.0. The number of aliphatic hydroxyl groups is 1. The molecule has 0 heterocycles. The summed E-state index contributed by atoms with van der Waals surface area (Å²) in [6.45, 7) is -0.372. The molecule has 2 N–H and O–H groups in total. The highest BCUT2D eigenvalue weighted by atomic mass is 32.2. The second kappa shape index (κ2) is 5.70. The Kier molecular flexibility index (Phi) is 4.20. The van der Waals surface area contributed by atoms with Crippen LogP contribution in [0.15, 0.2) is 23.1 Å². The van der Waals surface area contributed by atoms with Gasteiger partial charge in [0.1, 0.15) is 12.4 Å². The fourth-order valence-corrected chi connectivity index (χ4v) is 3.03. The van der Waals surface area contributed by atoms with Gasteiger partial charge >= 0.3 is 0 Å². The lowest BCUT2D eigenvalue weighted by atomic mass is 9.94. The summed E-state index contributed by atoms with van der Waals surface area (Å²) in [5, 5.41) is 8.53. The lowest BCUT2D eigenvalue weighted by Crippen LogP contribution is -2.39. The summed E-state index contributed by atoms with van der Waals surface area (Å²) in [4.78, 5) is -0.105. The van der Waals surface area contributed by atoms with Gasteiger partial charge in [0.05, 0.1) is 10.5 Å². The molecule has 1 aliphatic rings. The number of aliphatic hydroxyl groups excluding tert-OH is 1. The molecule has 0 atom stereocenters. The van der Waals surface area contributed by atoms with Crippen molar-refractivity contribution in [1.29, 1.82) is 0 Å². The number of rotatable bonds is 3. The molecule has 1 fully saturated rings. The van der Waals surface area contributed by atoms with Gasteiger partial charge in [0, 0.05) is 6.04 Å². The Balaban J connectivity index is 2.23. The molecule has 0 bridgehead atoms. The standard InChI is InChI=1S/C13H14FNO3S/c14-13-9-12(7-6-10(13)3-2-8-16)19(17,18)15-11-4-1-5-11/h6-7,9,11,15-16H,1,4-5,8H2. The molecule has 1 aromatic rings. The Bertz CT molecular complexity index is 627. The number of sulfonamides is 1. The van der Waals surface area contributed by atoms with Crippen LogP contribution in [0.1, 0.15) is 24.8 Å². The van der Waals surface area contributed by atoms with E-state index in [-0.39, 0.29) is 23.1 Å². The Morgan fingerprint density at radius 1 is 1.42 bits per heavy atom. The maximum atomic E-state index is 13.7. The summed E-state index contributed by atoms with van der Waals surface area (Å²) >= 11 is 0. The normalized spacial score (nSPS) is 15.5. The summed E-state index contributed by atoms with van der Waals surface area (Å²) in [6, 6.07) is 3.52. The van der Waals surface area contributed by atoms with Gasteiger partial charge in [-0.3, -0.25) is 0 Å². The fourth-order valence-electron chi connectivity index (χ4n) is 1.71. The second-order valence-electron chi connectivity index (χ2n) is 4.35. The number of hydrogen-bond acceptors (Lipinski definition) is 3. The highest BCUT2D eigenvalue weighted by Crippen LogP contribution is 2.21. The number of benzene rings is 1. The van der Waals surface area contributed by atoms with Crippen LogP contribution in [-0.2, 0) is 10.0 Å². The molecule has 2 rings (SSSR count). The van der Waals surface area contributed by atoms with E-state index in [0.717, 1.165) is 25.3 Å². The molecule has 0 amide bonds. The van der Waals surface area contributed by atoms with Gasteiger partial charge in [-0.25, -0.2) is 17.5 Å². The van der Waals surface area contributed by atoms with Gasteiger partial charge in [-0.1, -0.05) is 18.3 Å². The SMILES string of the molecule is O=S(=O)(NC1CCC1)c1ccc(C#CCO)c(F)c1. The maximum Gasteiger partial charge on any atom is 0.240 e. The first-order valence-electron chi connectivity index (χ1n) is 5.94. The minimum absolute atomic E-state index is 0.0399. The highest BCUT2D eigenvalue weighted by Gasteiger charge is 2.25. The molecule has 0 aliphatic heterocycles. The zero-order chi connectivity index (χ0) is 13.9. The molecular formula is C13H14FNO3S. The van der Waals surface area contributed by atoms with Crippen molar-refractivity contribution >= 4 is 10.0 Å². The van der Waals surface area contributed by atoms with Crippen molar-refractivity contribution in [3.63, 3.8) is 0 Å². The van der Waals surface area contributed by atoms with E-state index in [9.17, 15) is 12.8 Å². The summed E-state index contributed by atoms with van der Waals surface area (Å²) in [5.41, 5.74) is 0.0663. The smallest absolute Gasteiger partial charge is 0.240 e. The molecule has 19 heavy (non-hydrogen) atoms. The molecule has 0 unspecified atom stereocenters. The van der Waals surface area contributed by atoms with Gasteiger partial charge in [0.25, 0.3) is 0 Å².